The number of ether oxygens (including phenoxy) is 4. The van der Waals surface area contributed by atoms with E-state index in [2.05, 4.69) is 38.2 Å². The van der Waals surface area contributed by atoms with Gasteiger partial charge in [-0.1, -0.05) is 128 Å². The molecule has 1 saturated heterocycles. The quantitative estimate of drug-likeness (QED) is 0.0284. The molecule has 1 aliphatic heterocycles. The summed E-state index contributed by atoms with van der Waals surface area (Å²) in [6, 6.07) is 0. The van der Waals surface area contributed by atoms with Gasteiger partial charge in [0.1, 0.15) is 24.9 Å². The second-order valence-corrected chi connectivity index (χ2v) is 14.5. The van der Waals surface area contributed by atoms with Gasteiger partial charge in [0.25, 0.3) is 0 Å². The summed E-state index contributed by atoms with van der Waals surface area (Å²) >= 11 is 0. The van der Waals surface area contributed by atoms with Gasteiger partial charge in [-0.15, -0.1) is 0 Å². The Labute approximate surface area is 319 Å². The summed E-state index contributed by atoms with van der Waals surface area (Å²) in [6.07, 6.45) is 25.3. The van der Waals surface area contributed by atoms with Crippen LogP contribution in [-0.4, -0.2) is 88.4 Å². The van der Waals surface area contributed by atoms with E-state index in [4.69, 9.17) is 18.9 Å². The van der Waals surface area contributed by atoms with Gasteiger partial charge in [0.2, 0.25) is 0 Å². The number of aliphatic hydroxyl groups excluding tert-OH is 3. The van der Waals surface area contributed by atoms with Crippen molar-refractivity contribution in [3.05, 3.63) is 24.3 Å². The first-order chi connectivity index (χ1) is 25.7. The third-order valence-electron chi connectivity index (χ3n) is 9.50. The van der Waals surface area contributed by atoms with E-state index >= 15 is 0 Å². The summed E-state index contributed by atoms with van der Waals surface area (Å²) in [5.41, 5.74) is 0. The van der Waals surface area contributed by atoms with Gasteiger partial charge in [0.15, 0.2) is 18.5 Å². The minimum absolute atomic E-state index is 0.172. The average Bonchev–Trinajstić information content (AvgIpc) is 3.14. The molecule has 6 atom stereocenters. The summed E-state index contributed by atoms with van der Waals surface area (Å²) in [5.74, 6) is -2.46. The van der Waals surface area contributed by atoms with Gasteiger partial charge in [-0.3, -0.25) is 9.59 Å². The number of carboxylic acids is 1. The third-order valence-corrected chi connectivity index (χ3v) is 9.50. The van der Waals surface area contributed by atoms with E-state index in [0.717, 1.165) is 70.6 Å². The van der Waals surface area contributed by atoms with Crippen molar-refractivity contribution in [1.82, 2.24) is 0 Å². The highest BCUT2D eigenvalue weighted by atomic mass is 16.7. The number of unbranched alkanes of at least 4 members (excludes halogenated alkanes) is 19. The maximum atomic E-state index is 12.7. The lowest BCUT2D eigenvalue weighted by Gasteiger charge is -2.38. The van der Waals surface area contributed by atoms with Gasteiger partial charge in [-0.25, -0.2) is 4.79 Å². The third kappa shape index (κ3) is 25.4. The molecule has 308 valence electrons. The van der Waals surface area contributed by atoms with Crippen LogP contribution in [0.2, 0.25) is 0 Å². The molecule has 11 nitrogen and oxygen atoms in total. The molecule has 0 amide bonds. The molecule has 0 spiro atoms. The number of aliphatic hydroxyl groups is 3. The Hall–Kier alpha value is -2.31. The Balaban J connectivity index is 2.37. The van der Waals surface area contributed by atoms with E-state index in [0.29, 0.717) is 12.8 Å². The summed E-state index contributed by atoms with van der Waals surface area (Å²) < 4.78 is 21.6. The highest BCUT2D eigenvalue weighted by Crippen LogP contribution is 2.23. The van der Waals surface area contributed by atoms with Crippen molar-refractivity contribution in [2.24, 2.45) is 0 Å². The summed E-state index contributed by atoms with van der Waals surface area (Å²) in [5, 5.41) is 39.7. The van der Waals surface area contributed by atoms with Crippen LogP contribution in [0, 0.1) is 0 Å². The summed E-state index contributed by atoms with van der Waals surface area (Å²) in [4.78, 5) is 36.6. The highest BCUT2D eigenvalue weighted by Gasteiger charge is 2.47. The Morgan fingerprint density at radius 2 is 1.04 bits per heavy atom. The Bertz CT molecular complexity index is 984. The standard InChI is InChI=1S/C42H74O11/c1-3-5-7-9-11-13-15-16-17-18-19-20-21-23-24-26-28-30-35(43)50-32-34(33-51-42-39(47)37(45)38(46)40(53-42)41(48)49)52-36(44)31-29-27-25-22-14-12-10-8-6-4-2/h8,10,16-17,34,37-40,42,45-47H,3-7,9,11-15,18-33H2,1-2H3,(H,48,49)/b10-8-,17-16-. The fourth-order valence-corrected chi connectivity index (χ4v) is 6.17. The lowest BCUT2D eigenvalue weighted by molar-refractivity contribution is -0.298. The lowest BCUT2D eigenvalue weighted by atomic mass is 9.99. The SMILES string of the molecule is CCC/C=C\CCCCCCCC(=O)OC(COC(=O)CCCCCCCCC/C=C\CCCCCCCC)COC1OC(C(=O)O)C(O)C(O)C1O. The van der Waals surface area contributed by atoms with E-state index in [1.165, 1.54) is 64.2 Å². The molecular formula is C42H74O11. The molecule has 1 heterocycles. The molecule has 0 aromatic rings. The largest absolute Gasteiger partial charge is 0.479 e. The zero-order chi connectivity index (χ0) is 38.9. The zero-order valence-electron chi connectivity index (χ0n) is 33.0. The molecule has 1 rings (SSSR count). The normalized spacial score (nSPS) is 21.0. The molecule has 0 radical (unpaired) electrons. The molecule has 4 N–H and O–H groups in total. The molecule has 0 saturated carbocycles. The Kier molecular flexibility index (Phi) is 30.4. The Morgan fingerprint density at radius 3 is 1.55 bits per heavy atom. The summed E-state index contributed by atoms with van der Waals surface area (Å²) in [6.45, 7) is 3.72. The van der Waals surface area contributed by atoms with Crippen molar-refractivity contribution in [1.29, 1.82) is 0 Å². The summed E-state index contributed by atoms with van der Waals surface area (Å²) in [7, 11) is 0. The van der Waals surface area contributed by atoms with Crippen LogP contribution in [-0.2, 0) is 33.3 Å². The van der Waals surface area contributed by atoms with E-state index in [-0.39, 0.29) is 19.4 Å². The van der Waals surface area contributed by atoms with Crippen molar-refractivity contribution in [3.63, 3.8) is 0 Å². The first kappa shape index (κ1) is 48.7. The number of hydrogen-bond acceptors (Lipinski definition) is 10. The van der Waals surface area contributed by atoms with E-state index in [9.17, 15) is 34.8 Å². The number of allylic oxidation sites excluding steroid dienone is 4. The predicted molar refractivity (Wildman–Crippen MR) is 206 cm³/mol. The Morgan fingerprint density at radius 1 is 0.566 bits per heavy atom. The smallest absolute Gasteiger partial charge is 0.335 e. The second kappa shape index (κ2) is 33.1. The van der Waals surface area contributed by atoms with Crippen LogP contribution >= 0.6 is 0 Å². The topological polar surface area (TPSA) is 169 Å². The average molecular weight is 755 g/mol. The number of rotatable bonds is 34. The highest BCUT2D eigenvalue weighted by molar-refractivity contribution is 5.73. The van der Waals surface area contributed by atoms with Crippen LogP contribution in [0.25, 0.3) is 0 Å². The molecule has 1 fully saturated rings. The molecule has 0 aromatic carbocycles. The molecule has 11 heteroatoms. The van der Waals surface area contributed by atoms with Crippen molar-refractivity contribution < 1.29 is 53.8 Å². The molecule has 6 unspecified atom stereocenters. The van der Waals surface area contributed by atoms with Crippen LogP contribution < -0.4 is 0 Å². The van der Waals surface area contributed by atoms with Crippen LogP contribution in [0.3, 0.4) is 0 Å². The second-order valence-electron chi connectivity index (χ2n) is 14.5. The fourth-order valence-electron chi connectivity index (χ4n) is 6.17. The van der Waals surface area contributed by atoms with E-state index in [1.807, 2.05) is 0 Å². The van der Waals surface area contributed by atoms with Crippen LogP contribution in [0.4, 0.5) is 0 Å². The van der Waals surface area contributed by atoms with Crippen LogP contribution in [0.15, 0.2) is 24.3 Å². The van der Waals surface area contributed by atoms with Gasteiger partial charge in [-0.2, -0.15) is 0 Å². The number of aliphatic carboxylic acids is 1. The van der Waals surface area contributed by atoms with Crippen molar-refractivity contribution >= 4 is 17.9 Å². The van der Waals surface area contributed by atoms with Crippen LogP contribution in [0.1, 0.15) is 174 Å². The lowest BCUT2D eigenvalue weighted by Crippen LogP contribution is -2.60. The number of esters is 2. The van der Waals surface area contributed by atoms with E-state index < -0.39 is 61.3 Å². The monoisotopic (exact) mass is 755 g/mol. The van der Waals surface area contributed by atoms with Crippen molar-refractivity contribution in [2.45, 2.75) is 211 Å². The maximum absolute atomic E-state index is 12.7. The minimum Gasteiger partial charge on any atom is -0.479 e. The molecular weight excluding hydrogens is 680 g/mol. The maximum Gasteiger partial charge on any atom is 0.335 e. The molecule has 0 aliphatic carbocycles. The van der Waals surface area contributed by atoms with E-state index in [1.54, 1.807) is 0 Å². The van der Waals surface area contributed by atoms with Crippen molar-refractivity contribution in [2.75, 3.05) is 13.2 Å². The van der Waals surface area contributed by atoms with Crippen molar-refractivity contribution in [3.8, 4) is 0 Å². The fraction of sp³-hybridized carbons (Fsp3) is 0.833. The van der Waals surface area contributed by atoms with Gasteiger partial charge in [0, 0.05) is 12.8 Å². The number of carbonyl (C=O) groups is 3. The molecule has 53 heavy (non-hydrogen) atoms. The minimum atomic E-state index is -1.86. The van der Waals surface area contributed by atoms with Gasteiger partial charge >= 0.3 is 17.9 Å². The van der Waals surface area contributed by atoms with Crippen LogP contribution in [0.5, 0.6) is 0 Å². The molecule has 0 bridgehead atoms. The van der Waals surface area contributed by atoms with Gasteiger partial charge in [0.05, 0.1) is 6.61 Å². The first-order valence-corrected chi connectivity index (χ1v) is 20.9. The van der Waals surface area contributed by atoms with Gasteiger partial charge < -0.3 is 39.4 Å². The first-order valence-electron chi connectivity index (χ1n) is 20.9. The number of hydrogen-bond donors (Lipinski definition) is 4. The molecule has 1 aliphatic rings. The predicted octanol–water partition coefficient (Wildman–Crippen LogP) is 8.25. The number of carboxylic acid groups (broad SMARTS) is 1. The van der Waals surface area contributed by atoms with Gasteiger partial charge in [-0.05, 0) is 57.8 Å². The zero-order valence-corrected chi connectivity index (χ0v) is 33.0. The molecule has 0 aromatic heterocycles. The number of carbonyl (C=O) groups excluding carboxylic acids is 2.